The molecule has 1 fully saturated rings. The van der Waals surface area contributed by atoms with Gasteiger partial charge in [-0.1, -0.05) is 0 Å². The normalized spacial score (nSPS) is 23.1. The second kappa shape index (κ2) is 4.92. The molecule has 0 amide bonds. The van der Waals surface area contributed by atoms with Crippen molar-refractivity contribution in [2.75, 3.05) is 33.3 Å². The smallest absolute Gasteiger partial charge is 0.324 e. The van der Waals surface area contributed by atoms with Crippen LogP contribution in [0.15, 0.2) is 0 Å². The van der Waals surface area contributed by atoms with E-state index in [-0.39, 0.29) is 6.54 Å². The lowest BCUT2D eigenvalue weighted by molar-refractivity contribution is -0.149. The van der Waals surface area contributed by atoms with Crippen LogP contribution in [0.2, 0.25) is 0 Å². The minimum Gasteiger partial charge on any atom is -0.480 e. The molecular formula is C8H14N2O4. The van der Waals surface area contributed by atoms with E-state index in [0.717, 1.165) is 0 Å². The molecule has 0 aliphatic carbocycles. The summed E-state index contributed by atoms with van der Waals surface area (Å²) < 4.78 is 4.59. The highest BCUT2D eigenvalue weighted by molar-refractivity contribution is 5.77. The number of piperazine rings is 1. The van der Waals surface area contributed by atoms with Gasteiger partial charge in [0, 0.05) is 19.6 Å². The van der Waals surface area contributed by atoms with Gasteiger partial charge in [-0.25, -0.2) is 0 Å². The molecule has 1 aliphatic rings. The quantitative estimate of drug-likeness (QED) is 0.543. The van der Waals surface area contributed by atoms with Gasteiger partial charge in [0.15, 0.2) is 0 Å². The molecule has 0 aromatic rings. The van der Waals surface area contributed by atoms with E-state index in [9.17, 15) is 9.59 Å². The molecule has 1 atom stereocenters. The number of ether oxygens (including phenoxy) is 1. The van der Waals surface area contributed by atoms with Crippen molar-refractivity contribution in [3.63, 3.8) is 0 Å². The summed E-state index contributed by atoms with van der Waals surface area (Å²) in [5, 5.41) is 11.6. The van der Waals surface area contributed by atoms with Gasteiger partial charge >= 0.3 is 11.9 Å². The van der Waals surface area contributed by atoms with Gasteiger partial charge in [0.25, 0.3) is 0 Å². The number of carboxylic acids is 1. The molecule has 0 aromatic heterocycles. The number of rotatable bonds is 3. The highest BCUT2D eigenvalue weighted by atomic mass is 16.5. The third kappa shape index (κ3) is 2.68. The zero-order valence-electron chi connectivity index (χ0n) is 8.02. The first kappa shape index (κ1) is 10.9. The third-order valence-electron chi connectivity index (χ3n) is 2.17. The van der Waals surface area contributed by atoms with Crippen LogP contribution in [0.4, 0.5) is 0 Å². The minimum atomic E-state index is -0.930. The molecule has 0 saturated carbocycles. The molecule has 1 aliphatic heterocycles. The number of nitrogens with one attached hydrogen (secondary N) is 1. The van der Waals surface area contributed by atoms with Crippen molar-refractivity contribution in [3.8, 4) is 0 Å². The summed E-state index contributed by atoms with van der Waals surface area (Å²) >= 11 is 0. The van der Waals surface area contributed by atoms with Crippen molar-refractivity contribution in [1.82, 2.24) is 10.2 Å². The van der Waals surface area contributed by atoms with Gasteiger partial charge in [-0.15, -0.1) is 0 Å². The van der Waals surface area contributed by atoms with Crippen LogP contribution in [0, 0.1) is 0 Å². The standard InChI is InChI=1S/C8H14N2O4/c1-14-8(13)6-4-9-2-3-10(6)5-7(11)12/h6,9H,2-5H2,1H3,(H,11,12). The molecule has 0 aromatic carbocycles. The lowest BCUT2D eigenvalue weighted by Gasteiger charge is -2.32. The Kier molecular flexibility index (Phi) is 3.84. The Balaban J connectivity index is 2.58. The number of carboxylic acid groups (broad SMARTS) is 1. The number of carbonyl (C=O) groups is 2. The lowest BCUT2D eigenvalue weighted by atomic mass is 10.2. The Bertz CT molecular complexity index is 231. The molecule has 14 heavy (non-hydrogen) atoms. The van der Waals surface area contributed by atoms with Crippen molar-refractivity contribution in [3.05, 3.63) is 0 Å². The Hall–Kier alpha value is -1.14. The topological polar surface area (TPSA) is 78.9 Å². The van der Waals surface area contributed by atoms with Gasteiger partial charge in [-0.3, -0.25) is 14.5 Å². The summed E-state index contributed by atoms with van der Waals surface area (Å²) in [5.41, 5.74) is 0. The number of nitrogens with zero attached hydrogens (tertiary/aromatic N) is 1. The van der Waals surface area contributed by atoms with Crippen LogP contribution < -0.4 is 5.32 Å². The number of hydrogen-bond donors (Lipinski definition) is 2. The fourth-order valence-corrected chi connectivity index (χ4v) is 1.48. The lowest BCUT2D eigenvalue weighted by Crippen LogP contribution is -2.56. The Morgan fingerprint density at radius 2 is 2.36 bits per heavy atom. The molecule has 0 radical (unpaired) electrons. The SMILES string of the molecule is COC(=O)C1CNCCN1CC(=O)O. The van der Waals surface area contributed by atoms with Crippen LogP contribution in [0.25, 0.3) is 0 Å². The molecule has 0 spiro atoms. The maximum absolute atomic E-state index is 11.3. The molecule has 0 bridgehead atoms. The van der Waals surface area contributed by atoms with E-state index in [2.05, 4.69) is 10.1 Å². The van der Waals surface area contributed by atoms with Crippen molar-refractivity contribution < 1.29 is 19.4 Å². The molecule has 1 unspecified atom stereocenters. The van der Waals surface area contributed by atoms with Gasteiger partial charge in [0.2, 0.25) is 0 Å². The number of carbonyl (C=O) groups excluding carboxylic acids is 1. The average molecular weight is 202 g/mol. The van der Waals surface area contributed by atoms with Gasteiger partial charge in [0.1, 0.15) is 6.04 Å². The van der Waals surface area contributed by atoms with E-state index in [1.54, 1.807) is 4.90 Å². The molecule has 6 heteroatoms. The Morgan fingerprint density at radius 1 is 1.64 bits per heavy atom. The zero-order valence-corrected chi connectivity index (χ0v) is 8.02. The summed E-state index contributed by atoms with van der Waals surface area (Å²) in [6.07, 6.45) is 0. The number of esters is 1. The monoisotopic (exact) mass is 202 g/mol. The number of hydrogen-bond acceptors (Lipinski definition) is 5. The van der Waals surface area contributed by atoms with E-state index >= 15 is 0 Å². The first-order valence-electron chi connectivity index (χ1n) is 4.39. The van der Waals surface area contributed by atoms with Crippen molar-refractivity contribution in [1.29, 1.82) is 0 Å². The van der Waals surface area contributed by atoms with Gasteiger partial charge in [0.05, 0.1) is 13.7 Å². The van der Waals surface area contributed by atoms with Crippen LogP contribution in [-0.4, -0.2) is 61.3 Å². The molecule has 1 heterocycles. The third-order valence-corrected chi connectivity index (χ3v) is 2.17. The molecule has 1 saturated heterocycles. The summed E-state index contributed by atoms with van der Waals surface area (Å²) in [6, 6.07) is -0.482. The van der Waals surface area contributed by atoms with Crippen LogP contribution in [-0.2, 0) is 14.3 Å². The second-order valence-electron chi connectivity index (χ2n) is 3.11. The maximum atomic E-state index is 11.3. The molecule has 2 N–H and O–H groups in total. The largest absolute Gasteiger partial charge is 0.480 e. The highest BCUT2D eigenvalue weighted by Gasteiger charge is 2.30. The van der Waals surface area contributed by atoms with E-state index in [4.69, 9.17) is 5.11 Å². The summed E-state index contributed by atoms with van der Waals surface area (Å²) in [6.45, 7) is 1.56. The van der Waals surface area contributed by atoms with E-state index in [1.165, 1.54) is 7.11 Å². The average Bonchev–Trinajstić information content (AvgIpc) is 2.16. The predicted octanol–water partition coefficient (Wildman–Crippen LogP) is -1.48. The van der Waals surface area contributed by atoms with Crippen LogP contribution >= 0.6 is 0 Å². The summed E-state index contributed by atoms with van der Waals surface area (Å²) in [7, 11) is 1.30. The van der Waals surface area contributed by atoms with Gasteiger partial charge in [-0.05, 0) is 0 Å². The fourth-order valence-electron chi connectivity index (χ4n) is 1.48. The van der Waals surface area contributed by atoms with E-state index in [0.29, 0.717) is 19.6 Å². The van der Waals surface area contributed by atoms with E-state index in [1.807, 2.05) is 0 Å². The predicted molar refractivity (Wildman–Crippen MR) is 47.9 cm³/mol. The minimum absolute atomic E-state index is 0.124. The molecule has 1 rings (SSSR count). The van der Waals surface area contributed by atoms with Crippen LogP contribution in [0.1, 0.15) is 0 Å². The van der Waals surface area contributed by atoms with Crippen LogP contribution in [0.3, 0.4) is 0 Å². The van der Waals surface area contributed by atoms with Crippen molar-refractivity contribution in [2.24, 2.45) is 0 Å². The maximum Gasteiger partial charge on any atom is 0.324 e. The Labute approximate surface area is 81.8 Å². The fraction of sp³-hybridized carbons (Fsp3) is 0.750. The number of methoxy groups -OCH3 is 1. The summed E-state index contributed by atoms with van der Waals surface area (Å²) in [5.74, 6) is -1.32. The van der Waals surface area contributed by atoms with Crippen molar-refractivity contribution in [2.45, 2.75) is 6.04 Å². The number of aliphatic carboxylic acids is 1. The van der Waals surface area contributed by atoms with E-state index < -0.39 is 18.0 Å². The second-order valence-corrected chi connectivity index (χ2v) is 3.11. The molecule has 6 nitrogen and oxygen atoms in total. The van der Waals surface area contributed by atoms with Gasteiger partial charge < -0.3 is 15.2 Å². The summed E-state index contributed by atoms with van der Waals surface area (Å²) in [4.78, 5) is 23.4. The first-order valence-corrected chi connectivity index (χ1v) is 4.39. The zero-order chi connectivity index (χ0) is 10.6. The Morgan fingerprint density at radius 3 is 2.93 bits per heavy atom. The van der Waals surface area contributed by atoms with Crippen molar-refractivity contribution >= 4 is 11.9 Å². The molecule has 80 valence electrons. The van der Waals surface area contributed by atoms with Crippen LogP contribution in [0.5, 0.6) is 0 Å². The highest BCUT2D eigenvalue weighted by Crippen LogP contribution is 2.04. The molecular weight excluding hydrogens is 188 g/mol. The van der Waals surface area contributed by atoms with Gasteiger partial charge in [-0.2, -0.15) is 0 Å². The first-order chi connectivity index (χ1) is 6.65.